The van der Waals surface area contributed by atoms with Crippen molar-refractivity contribution in [1.29, 1.82) is 0 Å². The van der Waals surface area contributed by atoms with Gasteiger partial charge >= 0.3 is 6.61 Å². The Bertz CT molecular complexity index is 983. The van der Waals surface area contributed by atoms with Gasteiger partial charge in [0.15, 0.2) is 0 Å². The van der Waals surface area contributed by atoms with Crippen LogP contribution in [0, 0.1) is 11.7 Å². The molecule has 0 radical (unpaired) electrons. The van der Waals surface area contributed by atoms with E-state index in [0.29, 0.717) is 23.8 Å². The fraction of sp³-hybridized carbons (Fsp3) is 0.462. The van der Waals surface area contributed by atoms with Crippen molar-refractivity contribution in [2.75, 3.05) is 13.2 Å². The van der Waals surface area contributed by atoms with Crippen LogP contribution in [0.3, 0.4) is 0 Å². The Morgan fingerprint density at radius 3 is 2.44 bits per heavy atom. The fourth-order valence-electron chi connectivity index (χ4n) is 5.73. The van der Waals surface area contributed by atoms with Crippen LogP contribution in [0.4, 0.5) is 13.2 Å². The minimum Gasteiger partial charge on any atom is -0.487 e. The molecular formula is C26H30F3NO2. The van der Waals surface area contributed by atoms with Gasteiger partial charge in [-0.05, 0) is 61.1 Å². The van der Waals surface area contributed by atoms with Gasteiger partial charge in [-0.2, -0.15) is 8.78 Å². The molecule has 4 rings (SSSR count). The predicted molar refractivity (Wildman–Crippen MR) is 119 cm³/mol. The number of rotatable bonds is 7. The molecule has 0 aliphatic carbocycles. The minimum atomic E-state index is -2.91. The molecule has 2 aromatic carbocycles. The number of benzene rings is 2. The van der Waals surface area contributed by atoms with Crippen LogP contribution in [0.15, 0.2) is 48.2 Å². The predicted octanol–water partition coefficient (Wildman–Crippen LogP) is 6.87. The second kappa shape index (κ2) is 9.08. The molecule has 172 valence electrons. The molecule has 2 aromatic rings. The summed E-state index contributed by atoms with van der Waals surface area (Å²) >= 11 is 0. The van der Waals surface area contributed by atoms with Crippen molar-refractivity contribution < 1.29 is 22.6 Å². The van der Waals surface area contributed by atoms with Crippen molar-refractivity contribution >= 4 is 5.57 Å². The zero-order valence-corrected chi connectivity index (χ0v) is 18.8. The fourth-order valence-corrected chi connectivity index (χ4v) is 5.73. The maximum absolute atomic E-state index is 13.7. The molecule has 2 aliphatic heterocycles. The second-order valence-corrected chi connectivity index (χ2v) is 8.51. The standard InChI is InChI=1S/C26H30F3NO2/c1-4-18-13-14-30(26(18,5-2)6-3)22-16-31-23-12-11-20(32-25(28)29)15-21(23)24(22)17-7-9-19(27)10-8-17/h7-12,15,18,25H,4-6,13-14,16H2,1-3H3. The summed E-state index contributed by atoms with van der Waals surface area (Å²) in [6, 6.07) is 11.1. The highest BCUT2D eigenvalue weighted by Crippen LogP contribution is 2.48. The normalized spacial score (nSPS) is 19.8. The van der Waals surface area contributed by atoms with E-state index in [0.717, 1.165) is 49.1 Å². The summed E-state index contributed by atoms with van der Waals surface area (Å²) in [4.78, 5) is 2.48. The summed E-state index contributed by atoms with van der Waals surface area (Å²) in [5.41, 5.74) is 3.46. The second-order valence-electron chi connectivity index (χ2n) is 8.51. The van der Waals surface area contributed by atoms with E-state index in [9.17, 15) is 13.2 Å². The number of alkyl halides is 2. The highest BCUT2D eigenvalue weighted by molar-refractivity contribution is 5.86. The molecule has 0 aromatic heterocycles. The largest absolute Gasteiger partial charge is 0.487 e. The number of halogens is 3. The van der Waals surface area contributed by atoms with Crippen molar-refractivity contribution in [3.8, 4) is 11.5 Å². The van der Waals surface area contributed by atoms with Crippen LogP contribution in [-0.4, -0.2) is 30.2 Å². The van der Waals surface area contributed by atoms with Gasteiger partial charge in [0.25, 0.3) is 0 Å². The van der Waals surface area contributed by atoms with Crippen LogP contribution in [0.1, 0.15) is 57.6 Å². The minimum absolute atomic E-state index is 0.00725. The number of hydrogen-bond acceptors (Lipinski definition) is 3. The molecule has 2 heterocycles. The SMILES string of the molecule is CCC1CCN(C2=C(c3ccc(F)cc3)c3cc(OC(F)F)ccc3OC2)C1(CC)CC. The lowest BCUT2D eigenvalue weighted by atomic mass is 9.78. The molecule has 3 nitrogen and oxygen atoms in total. The molecule has 1 fully saturated rings. The van der Waals surface area contributed by atoms with Crippen molar-refractivity contribution in [3.63, 3.8) is 0 Å². The van der Waals surface area contributed by atoms with E-state index < -0.39 is 6.61 Å². The highest BCUT2D eigenvalue weighted by atomic mass is 19.3. The molecule has 6 heteroatoms. The first-order valence-corrected chi connectivity index (χ1v) is 11.4. The topological polar surface area (TPSA) is 21.7 Å². The summed E-state index contributed by atoms with van der Waals surface area (Å²) in [7, 11) is 0. The van der Waals surface area contributed by atoms with Crippen molar-refractivity contribution in [3.05, 3.63) is 65.1 Å². The molecule has 0 spiro atoms. The van der Waals surface area contributed by atoms with Gasteiger partial charge in [0.05, 0.1) is 5.70 Å². The zero-order chi connectivity index (χ0) is 22.9. The van der Waals surface area contributed by atoms with Crippen molar-refractivity contribution in [2.45, 2.75) is 58.6 Å². The molecule has 0 saturated carbocycles. The van der Waals surface area contributed by atoms with Crippen LogP contribution in [0.2, 0.25) is 0 Å². The smallest absolute Gasteiger partial charge is 0.387 e. The third-order valence-electron chi connectivity index (χ3n) is 7.27. The van der Waals surface area contributed by atoms with E-state index in [4.69, 9.17) is 4.74 Å². The van der Waals surface area contributed by atoms with E-state index in [1.165, 1.54) is 18.2 Å². The van der Waals surface area contributed by atoms with Gasteiger partial charge in [0.1, 0.15) is 23.9 Å². The van der Waals surface area contributed by atoms with Crippen molar-refractivity contribution in [1.82, 2.24) is 4.90 Å². The lowest BCUT2D eigenvalue weighted by molar-refractivity contribution is -0.0498. The van der Waals surface area contributed by atoms with E-state index in [1.807, 2.05) is 0 Å². The lowest BCUT2D eigenvalue weighted by Gasteiger charge is -2.45. The number of ether oxygens (including phenoxy) is 2. The van der Waals surface area contributed by atoms with E-state index in [2.05, 4.69) is 30.4 Å². The number of fused-ring (bicyclic) bond motifs is 1. The lowest BCUT2D eigenvalue weighted by Crippen LogP contribution is -2.48. The van der Waals surface area contributed by atoms with Crippen LogP contribution in [0.5, 0.6) is 11.5 Å². The third kappa shape index (κ3) is 3.84. The Kier molecular flexibility index (Phi) is 6.40. The first-order chi connectivity index (χ1) is 15.4. The van der Waals surface area contributed by atoms with Gasteiger partial charge in [0, 0.05) is 23.2 Å². The first-order valence-electron chi connectivity index (χ1n) is 11.4. The molecule has 32 heavy (non-hydrogen) atoms. The quantitative estimate of drug-likeness (QED) is 0.464. The molecule has 0 N–H and O–H groups in total. The average Bonchev–Trinajstić information content (AvgIpc) is 3.17. The number of nitrogens with zero attached hydrogens (tertiary/aromatic N) is 1. The Balaban J connectivity index is 1.92. The van der Waals surface area contributed by atoms with Crippen LogP contribution in [-0.2, 0) is 0 Å². The Hall–Kier alpha value is -2.63. The van der Waals surface area contributed by atoms with E-state index >= 15 is 0 Å². The van der Waals surface area contributed by atoms with Gasteiger partial charge in [-0.3, -0.25) is 0 Å². The summed E-state index contributed by atoms with van der Waals surface area (Å²) in [6.45, 7) is 5.08. The maximum Gasteiger partial charge on any atom is 0.387 e. The molecule has 0 amide bonds. The van der Waals surface area contributed by atoms with Gasteiger partial charge in [-0.25, -0.2) is 4.39 Å². The summed E-state index contributed by atoms with van der Waals surface area (Å²) in [5, 5.41) is 0. The summed E-state index contributed by atoms with van der Waals surface area (Å²) in [5.74, 6) is 0.934. The zero-order valence-electron chi connectivity index (χ0n) is 18.8. The number of likely N-dealkylation sites (tertiary alicyclic amines) is 1. The van der Waals surface area contributed by atoms with Crippen LogP contribution >= 0.6 is 0 Å². The maximum atomic E-state index is 13.7. The summed E-state index contributed by atoms with van der Waals surface area (Å²) in [6.07, 6.45) is 4.20. The van der Waals surface area contributed by atoms with Gasteiger partial charge in [-0.1, -0.05) is 39.3 Å². The third-order valence-corrected chi connectivity index (χ3v) is 7.27. The first kappa shape index (κ1) is 22.6. The van der Waals surface area contributed by atoms with Gasteiger partial charge in [-0.15, -0.1) is 0 Å². The molecule has 1 saturated heterocycles. The van der Waals surface area contributed by atoms with Gasteiger partial charge in [0.2, 0.25) is 0 Å². The molecule has 0 bridgehead atoms. The Morgan fingerprint density at radius 2 is 1.81 bits per heavy atom. The van der Waals surface area contributed by atoms with E-state index in [-0.39, 0.29) is 17.1 Å². The Morgan fingerprint density at radius 1 is 1.09 bits per heavy atom. The summed E-state index contributed by atoms with van der Waals surface area (Å²) < 4.78 is 50.3. The highest BCUT2D eigenvalue weighted by Gasteiger charge is 2.47. The Labute approximate surface area is 187 Å². The van der Waals surface area contributed by atoms with Crippen LogP contribution < -0.4 is 9.47 Å². The molecule has 1 atom stereocenters. The molecule has 2 aliphatic rings. The molecular weight excluding hydrogens is 415 g/mol. The van der Waals surface area contributed by atoms with Crippen LogP contribution in [0.25, 0.3) is 5.57 Å². The molecule has 1 unspecified atom stereocenters. The number of hydrogen-bond donors (Lipinski definition) is 0. The van der Waals surface area contributed by atoms with Crippen molar-refractivity contribution in [2.24, 2.45) is 5.92 Å². The average molecular weight is 446 g/mol. The monoisotopic (exact) mass is 445 g/mol. The van der Waals surface area contributed by atoms with Gasteiger partial charge < -0.3 is 14.4 Å². The van der Waals surface area contributed by atoms with E-state index in [1.54, 1.807) is 24.3 Å².